The second-order valence-electron chi connectivity index (χ2n) is 8.80. The highest BCUT2D eigenvalue weighted by Crippen LogP contribution is 2.30. The Hall–Kier alpha value is -2.82. The molecule has 1 aliphatic carbocycles. The summed E-state index contributed by atoms with van der Waals surface area (Å²) in [4.78, 5) is 28.0. The van der Waals surface area contributed by atoms with Gasteiger partial charge in [0.15, 0.2) is 0 Å². The van der Waals surface area contributed by atoms with E-state index in [1.165, 1.54) is 5.56 Å². The average molecular weight is 421 g/mol. The van der Waals surface area contributed by atoms with Gasteiger partial charge in [0.1, 0.15) is 5.75 Å². The summed E-state index contributed by atoms with van der Waals surface area (Å²) in [5, 5.41) is 3.12. The topological polar surface area (TPSA) is 58.6 Å². The Morgan fingerprint density at radius 2 is 1.68 bits per heavy atom. The van der Waals surface area contributed by atoms with Gasteiger partial charge < -0.3 is 15.0 Å². The second-order valence-corrected chi connectivity index (χ2v) is 8.80. The zero-order valence-electron chi connectivity index (χ0n) is 18.3. The number of carbonyl (C=O) groups is 2. The van der Waals surface area contributed by atoms with Gasteiger partial charge in [-0.15, -0.1) is 0 Å². The van der Waals surface area contributed by atoms with Gasteiger partial charge in [-0.2, -0.15) is 0 Å². The number of rotatable bonds is 6. The van der Waals surface area contributed by atoms with E-state index in [4.69, 9.17) is 4.74 Å². The van der Waals surface area contributed by atoms with Crippen LogP contribution >= 0.6 is 0 Å². The van der Waals surface area contributed by atoms with Gasteiger partial charge in [-0.1, -0.05) is 36.8 Å². The highest BCUT2D eigenvalue weighted by Gasteiger charge is 2.37. The van der Waals surface area contributed by atoms with Crippen molar-refractivity contribution in [1.29, 1.82) is 0 Å². The van der Waals surface area contributed by atoms with Crippen LogP contribution < -0.4 is 10.1 Å². The molecule has 0 radical (unpaired) electrons. The molecular weight excluding hydrogens is 388 g/mol. The highest BCUT2D eigenvalue weighted by atomic mass is 16.5. The van der Waals surface area contributed by atoms with E-state index >= 15 is 0 Å². The lowest BCUT2D eigenvalue weighted by atomic mass is 9.89. The minimum Gasteiger partial charge on any atom is -0.497 e. The molecule has 1 N–H and O–H groups in total. The smallest absolute Gasteiger partial charge is 0.251 e. The number of benzene rings is 2. The first kappa shape index (κ1) is 21.4. The molecule has 5 heteroatoms. The Labute approximate surface area is 184 Å². The highest BCUT2D eigenvalue weighted by molar-refractivity contribution is 5.95. The van der Waals surface area contributed by atoms with Crippen molar-refractivity contribution in [3.8, 4) is 5.75 Å². The summed E-state index contributed by atoms with van der Waals surface area (Å²) in [7, 11) is 1.61. The van der Waals surface area contributed by atoms with E-state index < -0.39 is 0 Å². The second kappa shape index (κ2) is 9.99. The lowest BCUT2D eigenvalue weighted by Gasteiger charge is -2.35. The Kier molecular flexibility index (Phi) is 6.90. The molecule has 2 atom stereocenters. The van der Waals surface area contributed by atoms with Crippen LogP contribution in [0.4, 0.5) is 0 Å². The van der Waals surface area contributed by atoms with Crippen LogP contribution in [0.1, 0.15) is 48.0 Å². The Morgan fingerprint density at radius 3 is 2.35 bits per heavy atom. The normalized spacial score (nSPS) is 21.6. The van der Waals surface area contributed by atoms with Crippen molar-refractivity contribution < 1.29 is 14.3 Å². The summed E-state index contributed by atoms with van der Waals surface area (Å²) in [6.45, 7) is 1.65. The van der Waals surface area contributed by atoms with Gasteiger partial charge in [0.05, 0.1) is 13.0 Å². The number of ether oxygens (including phenoxy) is 1. The van der Waals surface area contributed by atoms with Crippen molar-refractivity contribution in [1.82, 2.24) is 10.2 Å². The molecule has 1 heterocycles. The number of nitrogens with zero attached hydrogens (tertiary/aromatic N) is 1. The van der Waals surface area contributed by atoms with Crippen LogP contribution in [-0.2, 0) is 11.2 Å². The van der Waals surface area contributed by atoms with Gasteiger partial charge in [-0.3, -0.25) is 9.59 Å². The lowest BCUT2D eigenvalue weighted by molar-refractivity contribution is -0.137. The monoisotopic (exact) mass is 420 g/mol. The zero-order valence-corrected chi connectivity index (χ0v) is 18.3. The number of hydrogen-bond acceptors (Lipinski definition) is 3. The predicted octanol–water partition coefficient (Wildman–Crippen LogP) is 4.08. The molecule has 2 aromatic carbocycles. The van der Waals surface area contributed by atoms with E-state index in [0.29, 0.717) is 11.5 Å². The molecule has 0 unspecified atom stereocenters. The maximum Gasteiger partial charge on any atom is 0.251 e. The summed E-state index contributed by atoms with van der Waals surface area (Å²) in [5.41, 5.74) is 1.98. The molecule has 1 saturated heterocycles. The molecule has 2 fully saturated rings. The van der Waals surface area contributed by atoms with Crippen LogP contribution in [0.2, 0.25) is 0 Å². The van der Waals surface area contributed by atoms with Crippen molar-refractivity contribution in [2.75, 3.05) is 20.2 Å². The molecule has 31 heavy (non-hydrogen) atoms. The molecule has 1 saturated carbocycles. The van der Waals surface area contributed by atoms with E-state index in [-0.39, 0.29) is 23.8 Å². The van der Waals surface area contributed by atoms with Crippen LogP contribution in [0.25, 0.3) is 0 Å². The van der Waals surface area contributed by atoms with E-state index in [1.807, 2.05) is 4.90 Å². The molecule has 0 bridgehead atoms. The Balaban J connectivity index is 1.30. The molecule has 4 rings (SSSR count). The summed E-state index contributed by atoms with van der Waals surface area (Å²) in [6, 6.07) is 17.6. The number of methoxy groups -OCH3 is 1. The van der Waals surface area contributed by atoms with Crippen LogP contribution in [0.15, 0.2) is 54.6 Å². The van der Waals surface area contributed by atoms with Crippen molar-refractivity contribution in [3.63, 3.8) is 0 Å². The standard InChI is InChI=1S/C26H32N2O3/c1-31-22-12-10-21(11-13-22)25(29)27-24-9-5-8-23(24)26(30)28-16-14-20(15-17-28)18-19-6-3-2-4-7-19/h2-4,6-7,10-13,20,23-24H,5,8-9,14-18H2,1H3,(H,27,29)/t23-,24+/m0/s1. The quantitative estimate of drug-likeness (QED) is 0.766. The number of nitrogens with one attached hydrogen (secondary N) is 1. The third-order valence-corrected chi connectivity index (χ3v) is 6.80. The molecule has 164 valence electrons. The van der Waals surface area contributed by atoms with Crippen molar-refractivity contribution in [2.45, 2.75) is 44.6 Å². The molecular formula is C26H32N2O3. The van der Waals surface area contributed by atoms with E-state index in [2.05, 4.69) is 35.6 Å². The van der Waals surface area contributed by atoms with Crippen molar-refractivity contribution in [2.24, 2.45) is 11.8 Å². The van der Waals surface area contributed by atoms with Crippen molar-refractivity contribution in [3.05, 3.63) is 65.7 Å². The number of amides is 2. The number of piperidine rings is 1. The SMILES string of the molecule is COc1ccc(C(=O)N[C@@H]2CCC[C@@H]2C(=O)N2CCC(Cc3ccccc3)CC2)cc1. The fraction of sp³-hybridized carbons (Fsp3) is 0.462. The third kappa shape index (κ3) is 5.27. The van der Waals surface area contributed by atoms with Crippen molar-refractivity contribution >= 4 is 11.8 Å². The zero-order chi connectivity index (χ0) is 21.6. The van der Waals surface area contributed by atoms with E-state index in [9.17, 15) is 9.59 Å². The van der Waals surface area contributed by atoms with Gasteiger partial charge in [-0.25, -0.2) is 0 Å². The maximum absolute atomic E-state index is 13.2. The molecule has 5 nitrogen and oxygen atoms in total. The predicted molar refractivity (Wildman–Crippen MR) is 121 cm³/mol. The van der Waals surface area contributed by atoms with Crippen LogP contribution in [0.3, 0.4) is 0 Å². The molecule has 0 aromatic heterocycles. The Morgan fingerprint density at radius 1 is 0.968 bits per heavy atom. The third-order valence-electron chi connectivity index (χ3n) is 6.80. The van der Waals surface area contributed by atoms with E-state index in [0.717, 1.165) is 57.4 Å². The summed E-state index contributed by atoms with van der Waals surface area (Å²) < 4.78 is 5.16. The van der Waals surface area contributed by atoms with Crippen LogP contribution in [0.5, 0.6) is 5.75 Å². The fourth-order valence-corrected chi connectivity index (χ4v) is 4.96. The molecule has 1 aliphatic heterocycles. The van der Waals surface area contributed by atoms with Gasteiger partial charge in [-0.05, 0) is 67.9 Å². The molecule has 2 aromatic rings. The van der Waals surface area contributed by atoms with E-state index in [1.54, 1.807) is 31.4 Å². The van der Waals surface area contributed by atoms with Gasteiger partial charge in [0.25, 0.3) is 5.91 Å². The van der Waals surface area contributed by atoms with Gasteiger partial charge >= 0.3 is 0 Å². The number of hydrogen-bond donors (Lipinski definition) is 1. The molecule has 0 spiro atoms. The van der Waals surface area contributed by atoms with Crippen LogP contribution in [-0.4, -0.2) is 43.0 Å². The Bertz CT molecular complexity index is 873. The minimum absolute atomic E-state index is 0.0795. The first-order valence-electron chi connectivity index (χ1n) is 11.4. The molecule has 2 aliphatic rings. The lowest BCUT2D eigenvalue weighted by Crippen LogP contribution is -2.48. The van der Waals surface area contributed by atoms with Gasteiger partial charge in [0, 0.05) is 24.7 Å². The van der Waals surface area contributed by atoms with Gasteiger partial charge in [0.2, 0.25) is 5.91 Å². The number of carbonyl (C=O) groups excluding carboxylic acids is 2. The molecule has 2 amide bonds. The summed E-state index contributed by atoms with van der Waals surface area (Å²) in [5.74, 6) is 1.36. The first-order chi connectivity index (χ1) is 15.1. The average Bonchev–Trinajstić information content (AvgIpc) is 3.28. The summed E-state index contributed by atoms with van der Waals surface area (Å²) in [6.07, 6.45) is 5.90. The number of likely N-dealkylation sites (tertiary alicyclic amines) is 1. The first-order valence-corrected chi connectivity index (χ1v) is 11.4. The largest absolute Gasteiger partial charge is 0.497 e. The maximum atomic E-state index is 13.2. The summed E-state index contributed by atoms with van der Waals surface area (Å²) >= 11 is 0. The van der Waals surface area contributed by atoms with Crippen LogP contribution in [0, 0.1) is 11.8 Å². The minimum atomic E-state index is -0.117. The fourth-order valence-electron chi connectivity index (χ4n) is 4.96.